The predicted molar refractivity (Wildman–Crippen MR) is 96.9 cm³/mol. The van der Waals surface area contributed by atoms with Crippen LogP contribution >= 0.6 is 0 Å². The number of amides is 1. The highest BCUT2D eigenvalue weighted by molar-refractivity contribution is 5.76. The Hall–Kier alpha value is -3.22. The van der Waals surface area contributed by atoms with Crippen LogP contribution in [0.2, 0.25) is 0 Å². The number of carbonyl (C=O) groups excluding carboxylic acids is 1. The fourth-order valence-corrected chi connectivity index (χ4v) is 2.63. The summed E-state index contributed by atoms with van der Waals surface area (Å²) >= 11 is 0. The molecule has 0 spiro atoms. The van der Waals surface area contributed by atoms with Crippen LogP contribution in [-0.2, 0) is 17.8 Å². The first-order chi connectivity index (χ1) is 12.8. The number of ether oxygens (including phenoxy) is 1. The van der Waals surface area contributed by atoms with Gasteiger partial charge in [0.2, 0.25) is 5.91 Å². The van der Waals surface area contributed by atoms with Crippen molar-refractivity contribution in [1.82, 2.24) is 25.1 Å². The molecule has 0 radical (unpaired) electrons. The number of nitrogens with zero attached hydrogens (tertiary/aromatic N) is 4. The third-order valence-electron chi connectivity index (χ3n) is 3.87. The van der Waals surface area contributed by atoms with Gasteiger partial charge in [-0.15, -0.1) is 0 Å². The van der Waals surface area contributed by atoms with Crippen molar-refractivity contribution in [2.45, 2.75) is 26.3 Å². The number of aryl methyl sites for hydroxylation is 1. The number of benzene rings is 1. The summed E-state index contributed by atoms with van der Waals surface area (Å²) < 4.78 is 7.18. The minimum absolute atomic E-state index is 0.0234. The van der Waals surface area contributed by atoms with Crippen molar-refractivity contribution in [3.05, 3.63) is 66.4 Å². The van der Waals surface area contributed by atoms with Crippen LogP contribution in [0.4, 0.5) is 0 Å². The fourth-order valence-electron chi connectivity index (χ4n) is 2.63. The summed E-state index contributed by atoms with van der Waals surface area (Å²) in [6.07, 6.45) is 5.74. The molecular formula is C19H21N5O2. The van der Waals surface area contributed by atoms with Gasteiger partial charge in [-0.25, -0.2) is 14.6 Å². The van der Waals surface area contributed by atoms with Gasteiger partial charge in [0.05, 0.1) is 6.61 Å². The number of hydrogen-bond donors (Lipinski definition) is 1. The summed E-state index contributed by atoms with van der Waals surface area (Å²) in [5.74, 6) is 1.47. The molecule has 26 heavy (non-hydrogen) atoms. The second kappa shape index (κ2) is 8.75. The van der Waals surface area contributed by atoms with E-state index in [4.69, 9.17) is 4.74 Å². The quantitative estimate of drug-likeness (QED) is 0.673. The van der Waals surface area contributed by atoms with Crippen LogP contribution in [0.3, 0.4) is 0 Å². The van der Waals surface area contributed by atoms with E-state index < -0.39 is 0 Å². The average Bonchev–Trinajstić information content (AvgIpc) is 3.21. The SMILES string of the molecule is CCOc1ccccc1CCC(=O)NCc1cccnc1-n1cncn1. The van der Waals surface area contributed by atoms with Gasteiger partial charge in [-0.2, -0.15) is 5.10 Å². The number of para-hydroxylation sites is 1. The van der Waals surface area contributed by atoms with Gasteiger partial charge >= 0.3 is 0 Å². The van der Waals surface area contributed by atoms with Gasteiger partial charge in [-0.1, -0.05) is 24.3 Å². The molecule has 0 aliphatic rings. The molecule has 0 bridgehead atoms. The molecule has 0 atom stereocenters. The number of pyridine rings is 1. The molecule has 0 fully saturated rings. The lowest BCUT2D eigenvalue weighted by Gasteiger charge is -2.11. The third kappa shape index (κ3) is 4.44. The Bertz CT molecular complexity index is 849. The van der Waals surface area contributed by atoms with E-state index in [0.29, 0.717) is 31.8 Å². The van der Waals surface area contributed by atoms with Crippen LogP contribution < -0.4 is 10.1 Å². The maximum absolute atomic E-state index is 12.2. The molecule has 2 heterocycles. The first-order valence-corrected chi connectivity index (χ1v) is 8.54. The van der Waals surface area contributed by atoms with E-state index in [9.17, 15) is 4.79 Å². The summed E-state index contributed by atoms with van der Waals surface area (Å²) in [6.45, 7) is 2.94. The van der Waals surface area contributed by atoms with Crippen molar-refractivity contribution in [3.63, 3.8) is 0 Å². The number of hydrogen-bond acceptors (Lipinski definition) is 5. The minimum atomic E-state index is -0.0234. The van der Waals surface area contributed by atoms with Crippen LogP contribution in [0.25, 0.3) is 5.82 Å². The van der Waals surface area contributed by atoms with Gasteiger partial charge in [0.25, 0.3) is 0 Å². The van der Waals surface area contributed by atoms with Crippen molar-refractivity contribution < 1.29 is 9.53 Å². The van der Waals surface area contributed by atoms with Crippen molar-refractivity contribution in [2.24, 2.45) is 0 Å². The second-order valence-electron chi connectivity index (χ2n) is 5.64. The summed E-state index contributed by atoms with van der Waals surface area (Å²) in [4.78, 5) is 20.5. The Morgan fingerprint density at radius 3 is 2.85 bits per heavy atom. The molecule has 3 aromatic rings. The molecule has 0 saturated carbocycles. The van der Waals surface area contributed by atoms with E-state index >= 15 is 0 Å². The predicted octanol–water partition coefficient (Wildman–Crippen LogP) is 2.31. The molecule has 0 aliphatic heterocycles. The molecule has 0 saturated heterocycles. The summed E-state index contributed by atoms with van der Waals surface area (Å²) in [6, 6.07) is 11.5. The van der Waals surface area contributed by atoms with Crippen molar-refractivity contribution >= 4 is 5.91 Å². The molecule has 3 rings (SSSR count). The van der Waals surface area contributed by atoms with Crippen LogP contribution in [-0.4, -0.2) is 32.3 Å². The van der Waals surface area contributed by atoms with Crippen molar-refractivity contribution in [3.8, 4) is 11.6 Å². The smallest absolute Gasteiger partial charge is 0.220 e. The molecule has 1 N–H and O–H groups in total. The van der Waals surface area contributed by atoms with Gasteiger partial charge in [-0.3, -0.25) is 4.79 Å². The maximum Gasteiger partial charge on any atom is 0.220 e. The minimum Gasteiger partial charge on any atom is -0.494 e. The molecule has 7 heteroatoms. The zero-order valence-electron chi connectivity index (χ0n) is 14.6. The van der Waals surface area contributed by atoms with Gasteiger partial charge in [0.1, 0.15) is 18.4 Å². The zero-order chi connectivity index (χ0) is 18.2. The second-order valence-corrected chi connectivity index (χ2v) is 5.64. The van der Waals surface area contributed by atoms with Crippen LogP contribution in [0, 0.1) is 0 Å². The Labute approximate surface area is 152 Å². The van der Waals surface area contributed by atoms with E-state index in [2.05, 4.69) is 20.4 Å². The first kappa shape index (κ1) is 17.6. The monoisotopic (exact) mass is 351 g/mol. The highest BCUT2D eigenvalue weighted by Gasteiger charge is 2.10. The number of nitrogens with one attached hydrogen (secondary N) is 1. The van der Waals surface area contributed by atoms with E-state index in [1.807, 2.05) is 43.3 Å². The molecule has 2 aromatic heterocycles. The van der Waals surface area contributed by atoms with Gasteiger partial charge < -0.3 is 10.1 Å². The largest absolute Gasteiger partial charge is 0.494 e. The Balaban J connectivity index is 1.57. The summed E-state index contributed by atoms with van der Waals surface area (Å²) in [5.41, 5.74) is 1.91. The van der Waals surface area contributed by atoms with Gasteiger partial charge in [-0.05, 0) is 31.0 Å². The van der Waals surface area contributed by atoms with Crippen molar-refractivity contribution in [1.29, 1.82) is 0 Å². The van der Waals surface area contributed by atoms with E-state index in [1.165, 1.54) is 6.33 Å². The fraction of sp³-hybridized carbons (Fsp3) is 0.263. The molecule has 1 amide bonds. The van der Waals surface area contributed by atoms with E-state index in [0.717, 1.165) is 16.9 Å². The summed E-state index contributed by atoms with van der Waals surface area (Å²) in [5, 5.41) is 7.04. The Kier molecular flexibility index (Phi) is 5.92. The Morgan fingerprint density at radius 2 is 2.04 bits per heavy atom. The highest BCUT2D eigenvalue weighted by Crippen LogP contribution is 2.19. The molecule has 134 valence electrons. The van der Waals surface area contributed by atoms with Gasteiger partial charge in [0, 0.05) is 24.7 Å². The first-order valence-electron chi connectivity index (χ1n) is 8.54. The van der Waals surface area contributed by atoms with Crippen LogP contribution in [0.5, 0.6) is 5.75 Å². The van der Waals surface area contributed by atoms with Gasteiger partial charge in [0.15, 0.2) is 5.82 Å². The molecule has 0 unspecified atom stereocenters. The van der Waals surface area contributed by atoms with Crippen molar-refractivity contribution in [2.75, 3.05) is 6.61 Å². The zero-order valence-corrected chi connectivity index (χ0v) is 14.6. The van der Waals surface area contributed by atoms with Crippen LogP contribution in [0.1, 0.15) is 24.5 Å². The lowest BCUT2D eigenvalue weighted by molar-refractivity contribution is -0.121. The topological polar surface area (TPSA) is 81.9 Å². The average molecular weight is 351 g/mol. The van der Waals surface area contributed by atoms with E-state index in [-0.39, 0.29) is 5.91 Å². The van der Waals surface area contributed by atoms with E-state index in [1.54, 1.807) is 17.2 Å². The number of rotatable bonds is 8. The molecule has 7 nitrogen and oxygen atoms in total. The normalized spacial score (nSPS) is 10.5. The van der Waals surface area contributed by atoms with Crippen LogP contribution in [0.15, 0.2) is 55.2 Å². The lowest BCUT2D eigenvalue weighted by Crippen LogP contribution is -2.24. The maximum atomic E-state index is 12.2. The summed E-state index contributed by atoms with van der Waals surface area (Å²) in [7, 11) is 0. The standard InChI is InChI=1S/C19H21N5O2/c1-2-26-17-8-4-3-6-15(17)9-10-18(25)22-12-16-7-5-11-21-19(16)24-14-20-13-23-24/h3-8,11,13-14H,2,9-10,12H2,1H3,(H,22,25). The Morgan fingerprint density at radius 1 is 1.19 bits per heavy atom. The molecule has 0 aliphatic carbocycles. The molecular weight excluding hydrogens is 330 g/mol. The number of carbonyl (C=O) groups is 1. The number of aromatic nitrogens is 4. The molecule has 1 aromatic carbocycles. The third-order valence-corrected chi connectivity index (χ3v) is 3.87. The lowest BCUT2D eigenvalue weighted by atomic mass is 10.1. The highest BCUT2D eigenvalue weighted by atomic mass is 16.5.